The zero-order valence-corrected chi connectivity index (χ0v) is 9.66. The third kappa shape index (κ3) is 2.27. The molecule has 88 valence electrons. The maximum absolute atomic E-state index is 9.51. The Bertz CT molecular complexity index is 348. The largest absolute Gasteiger partial charge is 0.394 e. The molecule has 0 bridgehead atoms. The van der Waals surface area contributed by atoms with Crippen molar-refractivity contribution in [1.29, 1.82) is 0 Å². The lowest BCUT2D eigenvalue weighted by Crippen LogP contribution is -2.39. The van der Waals surface area contributed by atoms with Gasteiger partial charge in [-0.3, -0.25) is 4.98 Å². The predicted octanol–water partition coefficient (Wildman–Crippen LogP) is 1.84. The highest BCUT2D eigenvalue weighted by atomic mass is 16.3. The maximum Gasteiger partial charge on any atom is 0.0661 e. The molecule has 1 aliphatic carbocycles. The Labute approximate surface area is 96.1 Å². The quantitative estimate of drug-likeness (QED) is 0.726. The maximum atomic E-state index is 9.51. The Kier molecular flexibility index (Phi) is 3.29. The third-order valence-corrected chi connectivity index (χ3v) is 3.30. The number of hydrogen-bond donors (Lipinski definition) is 3. The fourth-order valence-electron chi connectivity index (χ4n) is 2.33. The van der Waals surface area contributed by atoms with Crippen molar-refractivity contribution in [2.24, 2.45) is 0 Å². The topological polar surface area (TPSA) is 57.2 Å². The Morgan fingerprint density at radius 3 is 2.62 bits per heavy atom. The molecule has 0 aromatic carbocycles. The average Bonchev–Trinajstić information content (AvgIpc) is 2.78. The number of nitrogens with one attached hydrogen (secondary N) is 2. The van der Waals surface area contributed by atoms with Gasteiger partial charge in [-0.2, -0.15) is 0 Å². The van der Waals surface area contributed by atoms with Crippen molar-refractivity contribution in [3.05, 3.63) is 18.5 Å². The second kappa shape index (κ2) is 4.70. The van der Waals surface area contributed by atoms with Gasteiger partial charge in [-0.25, -0.2) is 0 Å². The monoisotopic (exact) mass is 221 g/mol. The molecule has 1 fully saturated rings. The van der Waals surface area contributed by atoms with Crippen LogP contribution in [-0.2, 0) is 0 Å². The highest BCUT2D eigenvalue weighted by Crippen LogP contribution is 2.32. The van der Waals surface area contributed by atoms with E-state index in [1.807, 2.05) is 13.1 Å². The Hall–Kier alpha value is -1.29. The zero-order chi connectivity index (χ0) is 11.4. The number of hydrogen-bond acceptors (Lipinski definition) is 4. The lowest BCUT2D eigenvalue weighted by atomic mass is 9.98. The van der Waals surface area contributed by atoms with Crippen molar-refractivity contribution in [1.82, 2.24) is 4.98 Å². The molecule has 1 saturated carbocycles. The number of aliphatic hydroxyl groups is 1. The minimum Gasteiger partial charge on any atom is -0.394 e. The summed E-state index contributed by atoms with van der Waals surface area (Å²) in [6.45, 7) is 0.191. The first-order valence-electron chi connectivity index (χ1n) is 5.80. The van der Waals surface area contributed by atoms with Crippen LogP contribution in [0.15, 0.2) is 18.5 Å². The van der Waals surface area contributed by atoms with Crippen molar-refractivity contribution >= 4 is 11.4 Å². The fraction of sp³-hybridized carbons (Fsp3) is 0.583. The molecule has 3 N–H and O–H groups in total. The molecule has 0 unspecified atom stereocenters. The van der Waals surface area contributed by atoms with Crippen LogP contribution < -0.4 is 10.6 Å². The predicted molar refractivity (Wildman–Crippen MR) is 65.7 cm³/mol. The summed E-state index contributed by atoms with van der Waals surface area (Å²) < 4.78 is 0. The Morgan fingerprint density at radius 1 is 1.31 bits per heavy atom. The van der Waals surface area contributed by atoms with E-state index in [4.69, 9.17) is 0 Å². The number of aliphatic hydroxyl groups excluding tert-OH is 1. The molecule has 1 aromatic rings. The number of pyridine rings is 1. The van der Waals surface area contributed by atoms with E-state index in [-0.39, 0.29) is 12.1 Å². The van der Waals surface area contributed by atoms with Crippen LogP contribution in [0.1, 0.15) is 25.7 Å². The Morgan fingerprint density at radius 2 is 2.00 bits per heavy atom. The molecule has 0 spiro atoms. The van der Waals surface area contributed by atoms with Gasteiger partial charge in [0.1, 0.15) is 0 Å². The van der Waals surface area contributed by atoms with Gasteiger partial charge in [0.2, 0.25) is 0 Å². The van der Waals surface area contributed by atoms with Crippen molar-refractivity contribution < 1.29 is 5.11 Å². The van der Waals surface area contributed by atoms with Gasteiger partial charge in [0.25, 0.3) is 0 Å². The van der Waals surface area contributed by atoms with Crippen LogP contribution in [0.3, 0.4) is 0 Å². The molecule has 1 aromatic heterocycles. The molecule has 1 aliphatic rings. The van der Waals surface area contributed by atoms with Crippen molar-refractivity contribution in [2.75, 3.05) is 24.3 Å². The van der Waals surface area contributed by atoms with Crippen LogP contribution in [0.2, 0.25) is 0 Å². The Balaban J connectivity index is 2.12. The minimum atomic E-state index is -0.131. The van der Waals surface area contributed by atoms with Crippen LogP contribution in [0.25, 0.3) is 0 Å². The van der Waals surface area contributed by atoms with E-state index >= 15 is 0 Å². The summed E-state index contributed by atoms with van der Waals surface area (Å²) in [7, 11) is 1.87. The molecule has 0 radical (unpaired) electrons. The van der Waals surface area contributed by atoms with E-state index in [0.717, 1.165) is 24.2 Å². The molecule has 4 heteroatoms. The van der Waals surface area contributed by atoms with Gasteiger partial charge in [0.05, 0.1) is 35.9 Å². The lowest BCUT2D eigenvalue weighted by molar-refractivity contribution is 0.214. The van der Waals surface area contributed by atoms with E-state index in [2.05, 4.69) is 15.6 Å². The molecule has 0 saturated heterocycles. The highest BCUT2D eigenvalue weighted by molar-refractivity contribution is 5.55. The summed E-state index contributed by atoms with van der Waals surface area (Å²) in [4.78, 5) is 4.16. The summed E-state index contributed by atoms with van der Waals surface area (Å²) in [5.74, 6) is 0. The molecule has 0 atom stereocenters. The first-order chi connectivity index (χ1) is 7.78. The van der Waals surface area contributed by atoms with Gasteiger partial charge in [0, 0.05) is 7.05 Å². The van der Waals surface area contributed by atoms with E-state index in [9.17, 15) is 5.11 Å². The molecule has 2 rings (SSSR count). The van der Waals surface area contributed by atoms with Crippen molar-refractivity contribution in [2.45, 2.75) is 31.2 Å². The SMILES string of the molecule is CNc1cncc(NC2(CO)CCCC2)c1. The second-order valence-corrected chi connectivity index (χ2v) is 4.48. The van der Waals surface area contributed by atoms with Crippen LogP contribution in [0.5, 0.6) is 0 Å². The smallest absolute Gasteiger partial charge is 0.0661 e. The number of nitrogens with zero attached hydrogens (tertiary/aromatic N) is 1. The van der Waals surface area contributed by atoms with Gasteiger partial charge in [-0.15, -0.1) is 0 Å². The lowest BCUT2D eigenvalue weighted by Gasteiger charge is -2.29. The van der Waals surface area contributed by atoms with Crippen LogP contribution >= 0.6 is 0 Å². The number of aromatic nitrogens is 1. The van der Waals surface area contributed by atoms with Crippen molar-refractivity contribution in [3.8, 4) is 0 Å². The van der Waals surface area contributed by atoms with Crippen molar-refractivity contribution in [3.63, 3.8) is 0 Å². The first kappa shape index (κ1) is 11.2. The molecule has 0 aliphatic heterocycles. The van der Waals surface area contributed by atoms with Gasteiger partial charge >= 0.3 is 0 Å². The zero-order valence-electron chi connectivity index (χ0n) is 9.66. The fourth-order valence-corrected chi connectivity index (χ4v) is 2.33. The minimum absolute atomic E-state index is 0.131. The van der Waals surface area contributed by atoms with E-state index < -0.39 is 0 Å². The second-order valence-electron chi connectivity index (χ2n) is 4.48. The van der Waals surface area contributed by atoms with Crippen LogP contribution in [0, 0.1) is 0 Å². The molecule has 0 amide bonds. The summed E-state index contributed by atoms with van der Waals surface area (Å²) in [5, 5.41) is 16.0. The summed E-state index contributed by atoms with van der Waals surface area (Å²) in [6.07, 6.45) is 8.03. The van der Waals surface area contributed by atoms with Gasteiger partial charge < -0.3 is 15.7 Å². The third-order valence-electron chi connectivity index (χ3n) is 3.30. The highest BCUT2D eigenvalue weighted by Gasteiger charge is 2.32. The molecular weight excluding hydrogens is 202 g/mol. The molecule has 1 heterocycles. The summed E-state index contributed by atoms with van der Waals surface area (Å²) in [6, 6.07) is 2.02. The van der Waals surface area contributed by atoms with Crippen LogP contribution in [0.4, 0.5) is 11.4 Å². The number of anilines is 2. The first-order valence-corrected chi connectivity index (χ1v) is 5.80. The van der Waals surface area contributed by atoms with Gasteiger partial charge in [-0.1, -0.05) is 12.8 Å². The summed E-state index contributed by atoms with van der Waals surface area (Å²) in [5.41, 5.74) is 1.83. The molecule has 4 nitrogen and oxygen atoms in total. The molecular formula is C12H19N3O. The van der Waals surface area contributed by atoms with E-state index in [1.54, 1.807) is 12.4 Å². The standard InChI is InChI=1S/C12H19N3O/c1-13-10-6-11(8-14-7-10)15-12(9-16)4-2-3-5-12/h6-8,13,15-16H,2-5,9H2,1H3. The number of rotatable bonds is 4. The van der Waals surface area contributed by atoms with Gasteiger partial charge in [-0.05, 0) is 18.9 Å². The van der Waals surface area contributed by atoms with Gasteiger partial charge in [0.15, 0.2) is 0 Å². The normalized spacial score (nSPS) is 18.4. The van der Waals surface area contributed by atoms with E-state index in [0.29, 0.717) is 0 Å². The average molecular weight is 221 g/mol. The molecule has 16 heavy (non-hydrogen) atoms. The van der Waals surface area contributed by atoms with Crippen LogP contribution in [-0.4, -0.2) is 29.3 Å². The van der Waals surface area contributed by atoms with E-state index in [1.165, 1.54) is 12.8 Å². The summed E-state index contributed by atoms with van der Waals surface area (Å²) >= 11 is 0.